The summed E-state index contributed by atoms with van der Waals surface area (Å²) in [5, 5.41) is 2.53. The van der Waals surface area contributed by atoms with Gasteiger partial charge in [0, 0.05) is 11.8 Å². The van der Waals surface area contributed by atoms with Crippen molar-refractivity contribution in [1.82, 2.24) is 9.97 Å². The van der Waals surface area contributed by atoms with Crippen molar-refractivity contribution in [2.24, 2.45) is 0 Å². The van der Waals surface area contributed by atoms with E-state index in [1.165, 1.54) is 0 Å². The molecule has 0 amide bonds. The fourth-order valence-electron chi connectivity index (χ4n) is 1.78. The summed E-state index contributed by atoms with van der Waals surface area (Å²) in [5.41, 5.74) is 6.83. The van der Waals surface area contributed by atoms with Gasteiger partial charge in [-0.25, -0.2) is 13.4 Å². The highest BCUT2D eigenvalue weighted by molar-refractivity contribution is 7.92. The van der Waals surface area contributed by atoms with E-state index in [1.807, 2.05) is 6.92 Å². The van der Waals surface area contributed by atoms with Crippen molar-refractivity contribution >= 4 is 27.3 Å². The van der Waals surface area contributed by atoms with Gasteiger partial charge in [0.25, 0.3) is 0 Å². The molecule has 0 saturated heterocycles. The predicted octanol–water partition coefficient (Wildman–Crippen LogP) is 2.29. The second-order valence-electron chi connectivity index (χ2n) is 4.97. The molecule has 0 fully saturated rings. The number of anilines is 3. The van der Waals surface area contributed by atoms with Gasteiger partial charge in [-0.05, 0) is 32.9 Å². The number of nitrogens with one attached hydrogen (secondary N) is 1. The largest absolute Gasteiger partial charge is 0.368 e. The molecule has 6 nitrogen and oxygen atoms in total. The van der Waals surface area contributed by atoms with Gasteiger partial charge in [-0.3, -0.25) is 0 Å². The lowest BCUT2D eigenvalue weighted by Crippen LogP contribution is -2.16. The van der Waals surface area contributed by atoms with Crippen LogP contribution in [0.5, 0.6) is 0 Å². The van der Waals surface area contributed by atoms with Crippen molar-refractivity contribution in [2.45, 2.75) is 30.9 Å². The molecule has 0 bridgehead atoms. The molecule has 2 aromatic rings. The first-order chi connectivity index (χ1) is 9.82. The zero-order valence-corrected chi connectivity index (χ0v) is 13.0. The Morgan fingerprint density at radius 2 is 1.90 bits per heavy atom. The second-order valence-corrected chi connectivity index (χ2v) is 7.45. The first-order valence-corrected chi connectivity index (χ1v) is 8.06. The highest BCUT2D eigenvalue weighted by Gasteiger charge is 2.22. The van der Waals surface area contributed by atoms with Crippen molar-refractivity contribution in [3.63, 3.8) is 0 Å². The zero-order valence-electron chi connectivity index (χ0n) is 12.2. The van der Waals surface area contributed by atoms with Crippen LogP contribution in [0.3, 0.4) is 0 Å². The van der Waals surface area contributed by atoms with Gasteiger partial charge in [-0.1, -0.05) is 12.1 Å². The maximum Gasteiger partial charge on any atom is 0.221 e. The van der Waals surface area contributed by atoms with Crippen LogP contribution in [-0.2, 0) is 9.84 Å². The van der Waals surface area contributed by atoms with Crippen LogP contribution in [0.4, 0.5) is 17.5 Å². The number of aromatic nitrogens is 2. The summed E-state index contributed by atoms with van der Waals surface area (Å²) < 4.78 is 24.8. The lowest BCUT2D eigenvalue weighted by molar-refractivity contribution is 0.588. The van der Waals surface area contributed by atoms with Crippen LogP contribution in [0.15, 0.2) is 35.4 Å². The maximum absolute atomic E-state index is 12.4. The van der Waals surface area contributed by atoms with Crippen LogP contribution in [0.25, 0.3) is 0 Å². The molecule has 0 spiro atoms. The van der Waals surface area contributed by atoms with Gasteiger partial charge < -0.3 is 11.1 Å². The van der Waals surface area contributed by atoms with Crippen LogP contribution in [0.2, 0.25) is 0 Å². The molecule has 2 rings (SSSR count). The standard InChI is InChI=1S/C14H18N4O2S/c1-9(2)21(19,20)12-7-5-4-6-11(12)17-13-10(3)8-16-14(15)18-13/h4-9H,1-3H3,(H3,15,16,17,18). The van der Waals surface area contributed by atoms with Crippen LogP contribution < -0.4 is 11.1 Å². The minimum atomic E-state index is -3.39. The molecule has 1 aromatic heterocycles. The van der Waals surface area contributed by atoms with Crippen LogP contribution in [0, 0.1) is 6.92 Å². The highest BCUT2D eigenvalue weighted by atomic mass is 32.2. The number of hydrogen-bond donors (Lipinski definition) is 2. The SMILES string of the molecule is Cc1cnc(N)nc1Nc1ccccc1S(=O)(=O)C(C)C. The molecule has 1 heterocycles. The third-order valence-corrected chi connectivity index (χ3v) is 5.27. The Balaban J connectivity index is 2.49. The summed E-state index contributed by atoms with van der Waals surface area (Å²) in [5.74, 6) is 0.626. The molecule has 112 valence electrons. The second kappa shape index (κ2) is 5.69. The van der Waals surface area contributed by atoms with E-state index < -0.39 is 15.1 Å². The fourth-order valence-corrected chi connectivity index (χ4v) is 2.98. The summed E-state index contributed by atoms with van der Waals surface area (Å²) >= 11 is 0. The van der Waals surface area contributed by atoms with E-state index in [0.29, 0.717) is 11.5 Å². The first kappa shape index (κ1) is 15.2. The van der Waals surface area contributed by atoms with Crippen molar-refractivity contribution in [3.8, 4) is 0 Å². The molecule has 0 unspecified atom stereocenters. The number of nitrogens with two attached hydrogens (primary N) is 1. The molecule has 0 atom stereocenters. The number of aryl methyl sites for hydroxylation is 1. The minimum absolute atomic E-state index is 0.132. The Bertz CT molecular complexity index is 757. The van der Waals surface area contributed by atoms with Gasteiger partial charge in [0.15, 0.2) is 9.84 Å². The highest BCUT2D eigenvalue weighted by Crippen LogP contribution is 2.28. The van der Waals surface area contributed by atoms with Gasteiger partial charge in [0.05, 0.1) is 15.8 Å². The normalized spacial score (nSPS) is 11.6. The van der Waals surface area contributed by atoms with Gasteiger partial charge in [0.1, 0.15) is 5.82 Å². The van der Waals surface area contributed by atoms with E-state index in [2.05, 4.69) is 15.3 Å². The molecule has 0 aliphatic carbocycles. The lowest BCUT2D eigenvalue weighted by Gasteiger charge is -2.15. The summed E-state index contributed by atoms with van der Waals surface area (Å²) in [6.07, 6.45) is 1.59. The van der Waals surface area contributed by atoms with E-state index >= 15 is 0 Å². The van der Waals surface area contributed by atoms with Crippen molar-refractivity contribution < 1.29 is 8.42 Å². The quantitative estimate of drug-likeness (QED) is 0.899. The van der Waals surface area contributed by atoms with Gasteiger partial charge in [-0.15, -0.1) is 0 Å². The zero-order chi connectivity index (χ0) is 15.6. The van der Waals surface area contributed by atoms with Crippen molar-refractivity contribution in [3.05, 3.63) is 36.0 Å². The molecule has 7 heteroatoms. The van der Waals surface area contributed by atoms with Crippen LogP contribution in [0.1, 0.15) is 19.4 Å². The average Bonchev–Trinajstić information content (AvgIpc) is 2.43. The summed E-state index contributed by atoms with van der Waals surface area (Å²) in [7, 11) is -3.39. The van der Waals surface area contributed by atoms with Crippen LogP contribution >= 0.6 is 0 Å². The summed E-state index contributed by atoms with van der Waals surface area (Å²) in [6, 6.07) is 6.74. The smallest absolute Gasteiger partial charge is 0.221 e. The molecule has 0 saturated carbocycles. The molecule has 3 N–H and O–H groups in total. The number of nitrogens with zero attached hydrogens (tertiary/aromatic N) is 2. The Labute approximate surface area is 124 Å². The Hall–Kier alpha value is -2.15. The molecule has 0 aliphatic rings. The number of benzene rings is 1. The molecule has 1 aromatic carbocycles. The lowest BCUT2D eigenvalue weighted by atomic mass is 10.3. The number of hydrogen-bond acceptors (Lipinski definition) is 6. The number of rotatable bonds is 4. The fraction of sp³-hybridized carbons (Fsp3) is 0.286. The van der Waals surface area contributed by atoms with Crippen molar-refractivity contribution in [2.75, 3.05) is 11.1 Å². The minimum Gasteiger partial charge on any atom is -0.368 e. The van der Waals surface area contributed by atoms with Crippen molar-refractivity contribution in [1.29, 1.82) is 0 Å². The maximum atomic E-state index is 12.4. The summed E-state index contributed by atoms with van der Waals surface area (Å²) in [4.78, 5) is 8.23. The molecular formula is C14H18N4O2S. The molecule has 0 radical (unpaired) electrons. The molecular weight excluding hydrogens is 288 g/mol. The van der Waals surface area contributed by atoms with Gasteiger partial charge in [-0.2, -0.15) is 4.98 Å². The van der Waals surface area contributed by atoms with E-state index in [0.717, 1.165) is 5.56 Å². The number of para-hydroxylation sites is 1. The Kier molecular flexibility index (Phi) is 4.13. The summed E-state index contributed by atoms with van der Waals surface area (Å²) in [6.45, 7) is 5.13. The van der Waals surface area contributed by atoms with E-state index in [1.54, 1.807) is 44.3 Å². The van der Waals surface area contributed by atoms with Gasteiger partial charge >= 0.3 is 0 Å². The Morgan fingerprint density at radius 3 is 2.57 bits per heavy atom. The predicted molar refractivity (Wildman–Crippen MR) is 83.2 cm³/mol. The van der Waals surface area contributed by atoms with Gasteiger partial charge in [0.2, 0.25) is 5.95 Å². The van der Waals surface area contributed by atoms with E-state index in [-0.39, 0.29) is 10.8 Å². The topological polar surface area (TPSA) is 98.0 Å². The van der Waals surface area contributed by atoms with Crippen LogP contribution in [-0.4, -0.2) is 23.6 Å². The number of nitrogen functional groups attached to an aromatic ring is 1. The monoisotopic (exact) mass is 306 g/mol. The molecule has 0 aliphatic heterocycles. The van der Waals surface area contributed by atoms with E-state index in [4.69, 9.17) is 5.73 Å². The third-order valence-electron chi connectivity index (χ3n) is 3.06. The molecule has 21 heavy (non-hydrogen) atoms. The average molecular weight is 306 g/mol. The first-order valence-electron chi connectivity index (χ1n) is 6.51. The Morgan fingerprint density at radius 1 is 1.24 bits per heavy atom. The van der Waals surface area contributed by atoms with E-state index in [9.17, 15) is 8.42 Å². The number of sulfone groups is 1. The third kappa shape index (κ3) is 3.13.